The highest BCUT2D eigenvalue weighted by molar-refractivity contribution is 5.85. The minimum atomic E-state index is -0.803. The van der Waals surface area contributed by atoms with E-state index in [2.05, 4.69) is 26.1 Å². The lowest BCUT2D eigenvalue weighted by Crippen LogP contribution is -2.42. The number of amides is 2. The molecule has 0 aliphatic heterocycles. The molecule has 0 fully saturated rings. The van der Waals surface area contributed by atoms with Crippen LogP contribution in [0.15, 0.2) is 0 Å². The summed E-state index contributed by atoms with van der Waals surface area (Å²) >= 11 is 0. The highest BCUT2D eigenvalue weighted by atomic mass is 16.5. The molecule has 182 valence electrons. The molecule has 2 amide bonds. The molecule has 0 aliphatic rings. The van der Waals surface area contributed by atoms with Crippen molar-refractivity contribution in [3.63, 3.8) is 0 Å². The predicted octanol–water partition coefficient (Wildman–Crippen LogP) is 5.42. The molecule has 0 aliphatic carbocycles. The Bertz CT molecular complexity index is 482. The molecule has 0 aromatic carbocycles. The van der Waals surface area contributed by atoms with Crippen molar-refractivity contribution in [2.24, 2.45) is 11.7 Å². The van der Waals surface area contributed by atoms with Crippen molar-refractivity contribution in [3.8, 4) is 0 Å². The largest absolute Gasteiger partial charge is 0.464 e. The topological polar surface area (TPSA) is 98.5 Å². The Morgan fingerprint density at radius 1 is 0.774 bits per heavy atom. The van der Waals surface area contributed by atoms with Crippen molar-refractivity contribution in [1.29, 1.82) is 0 Å². The lowest BCUT2D eigenvalue weighted by molar-refractivity contribution is -0.149. The third-order valence-corrected chi connectivity index (χ3v) is 5.81. The molecule has 0 radical (unpaired) electrons. The van der Waals surface area contributed by atoms with Crippen LogP contribution < -0.4 is 11.1 Å². The van der Waals surface area contributed by atoms with Crippen LogP contribution in [0.5, 0.6) is 0 Å². The number of carbonyl (C=O) groups is 3. The molecule has 31 heavy (non-hydrogen) atoms. The second-order valence-corrected chi connectivity index (χ2v) is 8.75. The zero-order chi connectivity index (χ0) is 23.3. The van der Waals surface area contributed by atoms with Gasteiger partial charge < -0.3 is 15.8 Å². The first-order valence-corrected chi connectivity index (χ1v) is 12.7. The molecule has 0 rings (SSSR count). The van der Waals surface area contributed by atoms with Gasteiger partial charge in [0.1, 0.15) is 6.04 Å². The Kier molecular flexibility index (Phi) is 19.3. The van der Waals surface area contributed by atoms with Crippen LogP contribution in [0.3, 0.4) is 0 Å². The Labute approximate surface area is 190 Å². The van der Waals surface area contributed by atoms with Crippen molar-refractivity contribution in [1.82, 2.24) is 5.32 Å². The molecule has 6 nitrogen and oxygen atoms in total. The first-order chi connectivity index (χ1) is 14.9. The van der Waals surface area contributed by atoms with E-state index in [0.29, 0.717) is 18.9 Å². The van der Waals surface area contributed by atoms with Gasteiger partial charge in [0, 0.05) is 12.8 Å². The van der Waals surface area contributed by atoms with E-state index in [4.69, 9.17) is 10.5 Å². The molecule has 1 unspecified atom stereocenters. The second-order valence-electron chi connectivity index (χ2n) is 8.75. The van der Waals surface area contributed by atoms with Crippen LogP contribution in [0, 0.1) is 5.92 Å². The smallest absolute Gasteiger partial charge is 0.328 e. The number of rotatable bonds is 21. The van der Waals surface area contributed by atoms with Crippen LogP contribution in [0.2, 0.25) is 0 Å². The fourth-order valence-corrected chi connectivity index (χ4v) is 3.60. The Morgan fingerprint density at radius 3 is 1.90 bits per heavy atom. The minimum absolute atomic E-state index is 0.0467. The van der Waals surface area contributed by atoms with Crippen LogP contribution in [0.1, 0.15) is 124 Å². The van der Waals surface area contributed by atoms with Gasteiger partial charge in [0.15, 0.2) is 0 Å². The zero-order valence-corrected chi connectivity index (χ0v) is 20.4. The molecule has 0 saturated carbocycles. The van der Waals surface area contributed by atoms with Crippen molar-refractivity contribution in [2.45, 2.75) is 130 Å². The molecule has 0 heterocycles. The SMILES string of the molecule is CCCCCCCCCCCC(=O)N[C@@H](CCC(N)=O)C(=O)OCC(CC)CCCC. The molecule has 3 N–H and O–H groups in total. The average molecular weight is 441 g/mol. The summed E-state index contributed by atoms with van der Waals surface area (Å²) in [5.74, 6) is -0.775. The molecule has 0 bridgehead atoms. The number of esters is 1. The summed E-state index contributed by atoms with van der Waals surface area (Å²) in [7, 11) is 0. The van der Waals surface area contributed by atoms with E-state index in [1.807, 2.05) is 0 Å². The van der Waals surface area contributed by atoms with Crippen molar-refractivity contribution < 1.29 is 19.1 Å². The summed E-state index contributed by atoms with van der Waals surface area (Å²) in [6.45, 7) is 6.81. The number of hydrogen-bond donors (Lipinski definition) is 2. The van der Waals surface area contributed by atoms with Gasteiger partial charge in [-0.1, -0.05) is 91.4 Å². The number of primary amides is 1. The summed E-state index contributed by atoms with van der Waals surface area (Å²) < 4.78 is 5.48. The highest BCUT2D eigenvalue weighted by Gasteiger charge is 2.23. The summed E-state index contributed by atoms with van der Waals surface area (Å²) in [6, 6.07) is -0.803. The van der Waals surface area contributed by atoms with E-state index < -0.39 is 17.9 Å². The number of carbonyl (C=O) groups excluding carboxylic acids is 3. The molecule has 0 aromatic rings. The van der Waals surface area contributed by atoms with Crippen molar-refractivity contribution >= 4 is 17.8 Å². The minimum Gasteiger partial charge on any atom is -0.464 e. The third kappa shape index (κ3) is 17.8. The highest BCUT2D eigenvalue weighted by Crippen LogP contribution is 2.14. The maximum absolute atomic E-state index is 12.5. The molecule has 0 spiro atoms. The first kappa shape index (κ1) is 29.4. The van der Waals surface area contributed by atoms with Gasteiger partial charge in [-0.3, -0.25) is 9.59 Å². The lowest BCUT2D eigenvalue weighted by atomic mass is 10.0. The maximum atomic E-state index is 12.5. The second kappa shape index (κ2) is 20.3. The maximum Gasteiger partial charge on any atom is 0.328 e. The van der Waals surface area contributed by atoms with E-state index in [9.17, 15) is 14.4 Å². The van der Waals surface area contributed by atoms with Crippen LogP contribution in [-0.4, -0.2) is 30.4 Å². The van der Waals surface area contributed by atoms with Crippen LogP contribution in [-0.2, 0) is 19.1 Å². The predicted molar refractivity (Wildman–Crippen MR) is 126 cm³/mol. The average Bonchev–Trinajstić information content (AvgIpc) is 2.75. The van der Waals surface area contributed by atoms with Gasteiger partial charge >= 0.3 is 5.97 Å². The summed E-state index contributed by atoms with van der Waals surface area (Å²) in [5.41, 5.74) is 5.23. The van der Waals surface area contributed by atoms with Gasteiger partial charge in [-0.25, -0.2) is 4.79 Å². The van der Waals surface area contributed by atoms with E-state index in [-0.39, 0.29) is 18.7 Å². The summed E-state index contributed by atoms with van der Waals surface area (Å²) in [5, 5.41) is 2.76. The monoisotopic (exact) mass is 440 g/mol. The van der Waals surface area contributed by atoms with Crippen LogP contribution in [0.25, 0.3) is 0 Å². The first-order valence-electron chi connectivity index (χ1n) is 12.7. The molecular formula is C25H48N2O4. The lowest BCUT2D eigenvalue weighted by Gasteiger charge is -2.20. The Morgan fingerprint density at radius 2 is 1.35 bits per heavy atom. The van der Waals surface area contributed by atoms with Gasteiger partial charge in [0.2, 0.25) is 11.8 Å². The summed E-state index contributed by atoms with van der Waals surface area (Å²) in [4.78, 5) is 36.0. The van der Waals surface area contributed by atoms with Crippen LogP contribution in [0.4, 0.5) is 0 Å². The van der Waals surface area contributed by atoms with Gasteiger partial charge in [-0.15, -0.1) is 0 Å². The molecular weight excluding hydrogens is 392 g/mol. The van der Waals surface area contributed by atoms with E-state index >= 15 is 0 Å². The van der Waals surface area contributed by atoms with E-state index in [1.165, 1.54) is 38.5 Å². The zero-order valence-electron chi connectivity index (χ0n) is 20.4. The van der Waals surface area contributed by atoms with Gasteiger partial charge in [0.05, 0.1) is 6.61 Å². The normalized spacial score (nSPS) is 12.9. The quantitative estimate of drug-likeness (QED) is 0.184. The third-order valence-electron chi connectivity index (χ3n) is 5.81. The molecule has 2 atom stereocenters. The number of ether oxygens (including phenoxy) is 1. The van der Waals surface area contributed by atoms with E-state index in [1.54, 1.807) is 0 Å². The fraction of sp³-hybridized carbons (Fsp3) is 0.880. The van der Waals surface area contributed by atoms with Gasteiger partial charge in [-0.2, -0.15) is 0 Å². The van der Waals surface area contributed by atoms with Gasteiger partial charge in [-0.05, 0) is 25.2 Å². The number of hydrogen-bond acceptors (Lipinski definition) is 4. The van der Waals surface area contributed by atoms with Crippen molar-refractivity contribution in [3.05, 3.63) is 0 Å². The number of nitrogens with one attached hydrogen (secondary N) is 1. The standard InChI is InChI=1S/C25H48N2O4/c1-4-7-9-10-11-12-13-14-15-17-24(29)27-22(18-19-23(26)28)25(30)31-20-21(6-3)16-8-5-2/h21-22H,4-20H2,1-3H3,(H2,26,28)(H,27,29)/t21?,22-/m0/s1. The number of nitrogens with two attached hydrogens (primary N) is 1. The molecule has 0 saturated heterocycles. The van der Waals surface area contributed by atoms with Gasteiger partial charge in [0.25, 0.3) is 0 Å². The van der Waals surface area contributed by atoms with Crippen molar-refractivity contribution in [2.75, 3.05) is 6.61 Å². The Hall–Kier alpha value is -1.59. The number of unbranched alkanes of at least 4 members (excludes halogenated alkanes) is 9. The molecule has 0 aromatic heterocycles. The van der Waals surface area contributed by atoms with E-state index in [0.717, 1.165) is 44.9 Å². The molecule has 6 heteroatoms. The Balaban J connectivity index is 4.28. The fourth-order valence-electron chi connectivity index (χ4n) is 3.60. The summed E-state index contributed by atoms with van der Waals surface area (Å²) in [6.07, 6.45) is 15.5. The van der Waals surface area contributed by atoms with Crippen LogP contribution >= 0.6 is 0 Å².